The molecule has 0 saturated carbocycles. The van der Waals surface area contributed by atoms with Crippen LogP contribution >= 0.6 is 0 Å². The summed E-state index contributed by atoms with van der Waals surface area (Å²) >= 11 is 0. The first-order chi connectivity index (χ1) is 14.0. The van der Waals surface area contributed by atoms with Crippen molar-refractivity contribution in [2.75, 3.05) is 25.6 Å². The van der Waals surface area contributed by atoms with Crippen LogP contribution in [0.2, 0.25) is 0 Å². The van der Waals surface area contributed by atoms with Crippen LogP contribution in [0.1, 0.15) is 5.56 Å². The molecule has 3 aromatic carbocycles. The molecule has 0 N–H and O–H groups in total. The van der Waals surface area contributed by atoms with Crippen molar-refractivity contribution < 1.29 is 22.6 Å². The van der Waals surface area contributed by atoms with E-state index in [0.717, 1.165) is 5.56 Å². The molecule has 0 fully saturated rings. The lowest BCUT2D eigenvalue weighted by atomic mass is 10.2. The van der Waals surface area contributed by atoms with Crippen LogP contribution in [0.5, 0.6) is 17.2 Å². The Morgan fingerprint density at radius 1 is 0.724 bits per heavy atom. The Kier molecular flexibility index (Phi) is 6.29. The van der Waals surface area contributed by atoms with Crippen LogP contribution in [0.25, 0.3) is 0 Å². The zero-order valence-corrected chi connectivity index (χ0v) is 17.3. The molecule has 3 rings (SSSR count). The SMILES string of the molecule is COc1ccc(N(Cc2ccccc2OC)S(=O)(=O)c2ccc(OC)cc2)cc1. The van der Waals surface area contributed by atoms with Crippen LogP contribution in [0, 0.1) is 0 Å². The summed E-state index contributed by atoms with van der Waals surface area (Å²) in [4.78, 5) is 0.170. The molecular formula is C22H23NO5S. The van der Waals surface area contributed by atoms with E-state index >= 15 is 0 Å². The highest BCUT2D eigenvalue weighted by Crippen LogP contribution is 2.30. The first kappa shape index (κ1) is 20.5. The monoisotopic (exact) mass is 413 g/mol. The highest BCUT2D eigenvalue weighted by molar-refractivity contribution is 7.92. The zero-order chi connectivity index (χ0) is 20.9. The van der Waals surface area contributed by atoms with Crippen LogP contribution in [-0.4, -0.2) is 29.7 Å². The average molecular weight is 413 g/mol. The topological polar surface area (TPSA) is 65.1 Å². The molecule has 29 heavy (non-hydrogen) atoms. The predicted molar refractivity (Wildman–Crippen MR) is 112 cm³/mol. The predicted octanol–water partition coefficient (Wildman–Crippen LogP) is 4.11. The van der Waals surface area contributed by atoms with Crippen molar-refractivity contribution in [3.05, 3.63) is 78.4 Å². The molecule has 0 aliphatic rings. The lowest BCUT2D eigenvalue weighted by molar-refractivity contribution is 0.409. The minimum atomic E-state index is -3.84. The highest BCUT2D eigenvalue weighted by Gasteiger charge is 2.26. The molecule has 0 spiro atoms. The summed E-state index contributed by atoms with van der Waals surface area (Å²) in [6, 6.07) is 20.6. The molecule has 0 aliphatic heterocycles. The Morgan fingerprint density at radius 3 is 1.83 bits per heavy atom. The normalized spacial score (nSPS) is 11.0. The van der Waals surface area contributed by atoms with Gasteiger partial charge in [0, 0.05) is 5.56 Å². The lowest BCUT2D eigenvalue weighted by Crippen LogP contribution is -2.30. The number of hydrogen-bond donors (Lipinski definition) is 0. The minimum Gasteiger partial charge on any atom is -0.497 e. The smallest absolute Gasteiger partial charge is 0.264 e. The van der Waals surface area contributed by atoms with Gasteiger partial charge in [-0.1, -0.05) is 18.2 Å². The van der Waals surface area contributed by atoms with E-state index in [-0.39, 0.29) is 11.4 Å². The molecule has 0 aromatic heterocycles. The van der Waals surface area contributed by atoms with Gasteiger partial charge < -0.3 is 14.2 Å². The third-order valence-corrected chi connectivity index (χ3v) is 6.30. The summed E-state index contributed by atoms with van der Waals surface area (Å²) in [5.74, 6) is 1.86. The molecule has 6 nitrogen and oxygen atoms in total. The number of sulfonamides is 1. The molecule has 0 bridgehead atoms. The summed E-state index contributed by atoms with van der Waals surface area (Å²) in [5, 5.41) is 0. The van der Waals surface area contributed by atoms with Crippen molar-refractivity contribution in [1.29, 1.82) is 0 Å². The average Bonchev–Trinajstić information content (AvgIpc) is 2.77. The molecule has 0 atom stereocenters. The largest absolute Gasteiger partial charge is 0.497 e. The van der Waals surface area contributed by atoms with Gasteiger partial charge in [0.1, 0.15) is 17.2 Å². The van der Waals surface area contributed by atoms with Crippen LogP contribution in [-0.2, 0) is 16.6 Å². The fraction of sp³-hybridized carbons (Fsp3) is 0.182. The Bertz CT molecular complexity index is 1050. The number of hydrogen-bond acceptors (Lipinski definition) is 5. The van der Waals surface area contributed by atoms with E-state index in [4.69, 9.17) is 14.2 Å². The van der Waals surface area contributed by atoms with Crippen molar-refractivity contribution >= 4 is 15.7 Å². The molecule has 0 saturated heterocycles. The molecule has 0 aliphatic carbocycles. The van der Waals surface area contributed by atoms with E-state index in [1.54, 1.807) is 50.6 Å². The van der Waals surface area contributed by atoms with Gasteiger partial charge in [-0.25, -0.2) is 8.42 Å². The van der Waals surface area contributed by atoms with E-state index in [9.17, 15) is 8.42 Å². The first-order valence-electron chi connectivity index (χ1n) is 8.92. The minimum absolute atomic E-state index is 0.116. The molecule has 152 valence electrons. The second-order valence-corrected chi connectivity index (χ2v) is 8.06. The van der Waals surface area contributed by atoms with Gasteiger partial charge in [0.15, 0.2) is 0 Å². The molecule has 3 aromatic rings. The number of methoxy groups -OCH3 is 3. The van der Waals surface area contributed by atoms with Crippen LogP contribution in [0.3, 0.4) is 0 Å². The standard InChI is InChI=1S/C22H23NO5S/c1-26-19-10-8-18(9-11-19)23(16-17-6-4-5-7-22(17)28-3)29(24,25)21-14-12-20(27-2)13-15-21/h4-15H,16H2,1-3H3. The fourth-order valence-corrected chi connectivity index (χ4v) is 4.37. The lowest BCUT2D eigenvalue weighted by Gasteiger charge is -2.25. The summed E-state index contributed by atoms with van der Waals surface area (Å²) in [7, 11) is 0.825. The van der Waals surface area contributed by atoms with E-state index in [2.05, 4.69) is 0 Å². The maximum atomic E-state index is 13.5. The van der Waals surface area contributed by atoms with E-state index in [1.807, 2.05) is 24.3 Å². The summed E-state index contributed by atoms with van der Waals surface area (Å²) in [6.07, 6.45) is 0. The molecule has 0 unspecified atom stereocenters. The number of anilines is 1. The third kappa shape index (κ3) is 4.46. The van der Waals surface area contributed by atoms with Crippen molar-refractivity contribution in [3.8, 4) is 17.2 Å². The van der Waals surface area contributed by atoms with Crippen molar-refractivity contribution in [2.45, 2.75) is 11.4 Å². The molecule has 7 heteroatoms. The van der Waals surface area contributed by atoms with Gasteiger partial charge in [-0.3, -0.25) is 4.31 Å². The maximum absolute atomic E-state index is 13.5. The Hall–Kier alpha value is -3.19. The summed E-state index contributed by atoms with van der Waals surface area (Å²) in [6.45, 7) is 0.116. The number of nitrogens with zero attached hydrogens (tertiary/aromatic N) is 1. The van der Waals surface area contributed by atoms with Gasteiger partial charge in [-0.05, 0) is 54.6 Å². The maximum Gasteiger partial charge on any atom is 0.264 e. The van der Waals surface area contributed by atoms with E-state index in [0.29, 0.717) is 22.9 Å². The number of rotatable bonds is 8. The molecule has 0 heterocycles. The molecular weight excluding hydrogens is 390 g/mol. The van der Waals surface area contributed by atoms with Gasteiger partial charge in [-0.15, -0.1) is 0 Å². The van der Waals surface area contributed by atoms with Gasteiger partial charge in [0.25, 0.3) is 10.0 Å². The van der Waals surface area contributed by atoms with Gasteiger partial charge >= 0.3 is 0 Å². The fourth-order valence-electron chi connectivity index (χ4n) is 2.93. The summed E-state index contributed by atoms with van der Waals surface area (Å²) in [5.41, 5.74) is 1.27. The van der Waals surface area contributed by atoms with Crippen molar-refractivity contribution in [2.24, 2.45) is 0 Å². The molecule has 0 amide bonds. The molecule has 0 radical (unpaired) electrons. The van der Waals surface area contributed by atoms with Crippen LogP contribution in [0.4, 0.5) is 5.69 Å². The second-order valence-electron chi connectivity index (χ2n) is 6.20. The zero-order valence-electron chi connectivity index (χ0n) is 16.5. The number of ether oxygens (including phenoxy) is 3. The van der Waals surface area contributed by atoms with E-state index < -0.39 is 10.0 Å². The van der Waals surface area contributed by atoms with Crippen molar-refractivity contribution in [1.82, 2.24) is 0 Å². The first-order valence-corrected chi connectivity index (χ1v) is 10.4. The quantitative estimate of drug-likeness (QED) is 0.556. The third-order valence-electron chi connectivity index (χ3n) is 4.51. The highest BCUT2D eigenvalue weighted by atomic mass is 32.2. The van der Waals surface area contributed by atoms with Crippen LogP contribution in [0.15, 0.2) is 77.7 Å². The van der Waals surface area contributed by atoms with E-state index in [1.165, 1.54) is 23.5 Å². The van der Waals surface area contributed by atoms with Crippen molar-refractivity contribution in [3.63, 3.8) is 0 Å². The number of benzene rings is 3. The van der Waals surface area contributed by atoms with Gasteiger partial charge in [-0.2, -0.15) is 0 Å². The Labute approximate surface area is 171 Å². The summed E-state index contributed by atoms with van der Waals surface area (Å²) < 4.78 is 44.1. The second kappa shape index (κ2) is 8.87. The van der Waals surface area contributed by atoms with Gasteiger partial charge in [0.2, 0.25) is 0 Å². The number of para-hydroxylation sites is 1. The Balaban J connectivity index is 2.07. The van der Waals surface area contributed by atoms with Gasteiger partial charge in [0.05, 0.1) is 38.5 Å². The van der Waals surface area contributed by atoms with Crippen LogP contribution < -0.4 is 18.5 Å². The Morgan fingerprint density at radius 2 is 1.28 bits per heavy atom.